The molecule has 4 heteroatoms. The molecular formula is C12H17N3O. The molecule has 0 spiro atoms. The Bertz CT molecular complexity index is 379. The fourth-order valence-corrected chi connectivity index (χ4v) is 1.07. The summed E-state index contributed by atoms with van der Waals surface area (Å²) in [5.41, 5.74) is 6.12. The first-order valence-electron chi connectivity index (χ1n) is 5.14. The number of hydrogen-bond acceptors (Lipinski definition) is 4. The van der Waals surface area contributed by atoms with Gasteiger partial charge in [0.15, 0.2) is 0 Å². The van der Waals surface area contributed by atoms with E-state index in [0.717, 1.165) is 17.9 Å². The molecule has 86 valence electrons. The van der Waals surface area contributed by atoms with Crippen LogP contribution < -0.4 is 10.5 Å². The second-order valence-electron chi connectivity index (χ2n) is 3.57. The van der Waals surface area contributed by atoms with Gasteiger partial charge in [-0.05, 0) is 20.2 Å². The number of aromatic nitrogens is 1. The maximum Gasteiger partial charge on any atom is 0.138 e. The average molecular weight is 219 g/mol. The van der Waals surface area contributed by atoms with E-state index in [0.29, 0.717) is 13.2 Å². The lowest BCUT2D eigenvalue weighted by molar-refractivity contribution is 0.260. The van der Waals surface area contributed by atoms with Crippen molar-refractivity contribution in [3.63, 3.8) is 0 Å². The monoisotopic (exact) mass is 219 g/mol. The van der Waals surface area contributed by atoms with E-state index >= 15 is 0 Å². The highest BCUT2D eigenvalue weighted by Gasteiger charge is 1.96. The normalized spacial score (nSPS) is 9.75. The van der Waals surface area contributed by atoms with E-state index in [1.165, 1.54) is 0 Å². The number of nitrogens with zero attached hydrogens (tertiary/aromatic N) is 2. The molecule has 1 aromatic heterocycles. The Hall–Kier alpha value is -1.57. The minimum Gasteiger partial charge on any atom is -0.491 e. The lowest BCUT2D eigenvalue weighted by Crippen LogP contribution is -2.19. The van der Waals surface area contributed by atoms with E-state index in [4.69, 9.17) is 10.5 Å². The summed E-state index contributed by atoms with van der Waals surface area (Å²) in [5.74, 6) is 6.44. The Morgan fingerprint density at radius 1 is 1.44 bits per heavy atom. The van der Waals surface area contributed by atoms with Crippen molar-refractivity contribution in [3.05, 3.63) is 24.0 Å². The second kappa shape index (κ2) is 6.83. The molecule has 1 rings (SSSR count). The molecule has 0 aromatic carbocycles. The summed E-state index contributed by atoms with van der Waals surface area (Å²) in [6, 6.07) is 1.87. The van der Waals surface area contributed by atoms with Crippen LogP contribution in [0, 0.1) is 11.8 Å². The van der Waals surface area contributed by atoms with Crippen LogP contribution >= 0.6 is 0 Å². The average Bonchev–Trinajstić information content (AvgIpc) is 2.26. The highest BCUT2D eigenvalue weighted by atomic mass is 16.5. The second-order valence-corrected chi connectivity index (χ2v) is 3.57. The van der Waals surface area contributed by atoms with Gasteiger partial charge in [-0.15, -0.1) is 0 Å². The van der Waals surface area contributed by atoms with Crippen LogP contribution in [0.1, 0.15) is 5.56 Å². The van der Waals surface area contributed by atoms with Crippen molar-refractivity contribution in [2.75, 3.05) is 33.8 Å². The van der Waals surface area contributed by atoms with E-state index in [1.807, 2.05) is 20.2 Å². The Balaban J connectivity index is 2.54. The summed E-state index contributed by atoms with van der Waals surface area (Å²) < 4.78 is 5.53. The van der Waals surface area contributed by atoms with Gasteiger partial charge in [-0.3, -0.25) is 4.98 Å². The van der Waals surface area contributed by atoms with E-state index in [2.05, 4.69) is 21.7 Å². The molecule has 0 radical (unpaired) electrons. The van der Waals surface area contributed by atoms with E-state index in [9.17, 15) is 0 Å². The summed E-state index contributed by atoms with van der Waals surface area (Å²) >= 11 is 0. The van der Waals surface area contributed by atoms with Gasteiger partial charge in [0, 0.05) is 18.3 Å². The first-order chi connectivity index (χ1) is 7.72. The van der Waals surface area contributed by atoms with Crippen molar-refractivity contribution in [2.45, 2.75) is 0 Å². The third-order valence-corrected chi connectivity index (χ3v) is 1.86. The molecule has 0 saturated carbocycles. The molecule has 16 heavy (non-hydrogen) atoms. The molecule has 0 bridgehead atoms. The molecule has 0 amide bonds. The zero-order valence-corrected chi connectivity index (χ0v) is 9.73. The molecule has 0 aliphatic carbocycles. The minimum absolute atomic E-state index is 0.353. The van der Waals surface area contributed by atoms with Gasteiger partial charge in [0.05, 0.1) is 12.7 Å². The predicted molar refractivity (Wildman–Crippen MR) is 64.2 cm³/mol. The SMILES string of the molecule is CN(C)CCOc1cncc(C#CCN)c1. The quantitative estimate of drug-likeness (QED) is 0.742. The van der Waals surface area contributed by atoms with E-state index in [1.54, 1.807) is 12.4 Å². The highest BCUT2D eigenvalue weighted by molar-refractivity contribution is 5.36. The zero-order valence-electron chi connectivity index (χ0n) is 9.73. The molecule has 1 aromatic rings. The van der Waals surface area contributed by atoms with E-state index in [-0.39, 0.29) is 0 Å². The number of hydrogen-bond donors (Lipinski definition) is 1. The van der Waals surface area contributed by atoms with Gasteiger partial charge in [-0.25, -0.2) is 0 Å². The molecule has 4 nitrogen and oxygen atoms in total. The van der Waals surface area contributed by atoms with Gasteiger partial charge in [0.2, 0.25) is 0 Å². The lowest BCUT2D eigenvalue weighted by Gasteiger charge is -2.10. The van der Waals surface area contributed by atoms with Crippen LogP contribution in [0.15, 0.2) is 18.5 Å². The topological polar surface area (TPSA) is 51.4 Å². The van der Waals surface area contributed by atoms with Gasteiger partial charge in [0.25, 0.3) is 0 Å². The third kappa shape index (κ3) is 4.78. The third-order valence-electron chi connectivity index (χ3n) is 1.86. The summed E-state index contributed by atoms with van der Waals surface area (Å²) in [6.07, 6.45) is 3.38. The maximum absolute atomic E-state index is 5.53. The van der Waals surface area contributed by atoms with Crippen molar-refractivity contribution in [2.24, 2.45) is 5.73 Å². The van der Waals surface area contributed by atoms with Crippen molar-refractivity contribution in [1.82, 2.24) is 9.88 Å². The van der Waals surface area contributed by atoms with Gasteiger partial charge in [-0.2, -0.15) is 0 Å². The highest BCUT2D eigenvalue weighted by Crippen LogP contribution is 2.09. The van der Waals surface area contributed by atoms with Crippen LogP contribution in [0.2, 0.25) is 0 Å². The zero-order chi connectivity index (χ0) is 11.8. The Morgan fingerprint density at radius 3 is 2.94 bits per heavy atom. The largest absolute Gasteiger partial charge is 0.491 e. The Labute approximate surface area is 96.4 Å². The van der Waals surface area contributed by atoms with Gasteiger partial charge in [0.1, 0.15) is 12.4 Å². The molecule has 2 N–H and O–H groups in total. The fraction of sp³-hybridized carbons (Fsp3) is 0.417. The fourth-order valence-electron chi connectivity index (χ4n) is 1.07. The van der Waals surface area contributed by atoms with Crippen LogP contribution in [0.5, 0.6) is 5.75 Å². The van der Waals surface area contributed by atoms with Gasteiger partial charge in [-0.1, -0.05) is 11.8 Å². The minimum atomic E-state index is 0.353. The number of nitrogens with two attached hydrogens (primary N) is 1. The maximum atomic E-state index is 5.53. The van der Waals surface area contributed by atoms with Crippen molar-refractivity contribution in [1.29, 1.82) is 0 Å². The number of pyridine rings is 1. The molecular weight excluding hydrogens is 202 g/mol. The summed E-state index contributed by atoms with van der Waals surface area (Å²) in [4.78, 5) is 6.11. The Kier molecular flexibility index (Phi) is 5.34. The van der Waals surface area contributed by atoms with Gasteiger partial charge < -0.3 is 15.4 Å². The number of ether oxygens (including phenoxy) is 1. The van der Waals surface area contributed by atoms with E-state index < -0.39 is 0 Å². The van der Waals surface area contributed by atoms with Crippen molar-refractivity contribution >= 4 is 0 Å². The first kappa shape index (κ1) is 12.5. The van der Waals surface area contributed by atoms with Crippen LogP contribution in [0.4, 0.5) is 0 Å². The lowest BCUT2D eigenvalue weighted by atomic mass is 10.3. The summed E-state index contributed by atoms with van der Waals surface area (Å²) in [6.45, 7) is 1.87. The standard InChI is InChI=1S/C12H17N3O/c1-15(2)6-7-16-12-8-11(4-3-5-13)9-14-10-12/h8-10H,5-7,13H2,1-2H3. The first-order valence-corrected chi connectivity index (χ1v) is 5.14. The molecule has 0 aliphatic rings. The summed E-state index contributed by atoms with van der Waals surface area (Å²) in [5, 5.41) is 0. The molecule has 0 saturated heterocycles. The Morgan fingerprint density at radius 2 is 2.25 bits per heavy atom. The molecule has 1 heterocycles. The molecule has 0 unspecified atom stereocenters. The molecule has 0 aliphatic heterocycles. The molecule has 0 fully saturated rings. The van der Waals surface area contributed by atoms with Gasteiger partial charge >= 0.3 is 0 Å². The molecule has 0 atom stereocenters. The predicted octanol–water partition coefficient (Wildman–Crippen LogP) is 0.332. The summed E-state index contributed by atoms with van der Waals surface area (Å²) in [7, 11) is 4.01. The van der Waals surface area contributed by atoms with Crippen molar-refractivity contribution in [3.8, 4) is 17.6 Å². The van der Waals surface area contributed by atoms with Crippen LogP contribution in [0.3, 0.4) is 0 Å². The van der Waals surface area contributed by atoms with Crippen LogP contribution in [0.25, 0.3) is 0 Å². The smallest absolute Gasteiger partial charge is 0.138 e. The van der Waals surface area contributed by atoms with Crippen LogP contribution in [-0.2, 0) is 0 Å². The number of rotatable bonds is 4. The van der Waals surface area contributed by atoms with Crippen LogP contribution in [-0.4, -0.2) is 43.7 Å². The number of likely N-dealkylation sites (N-methyl/N-ethyl adjacent to an activating group) is 1. The van der Waals surface area contributed by atoms with Crippen molar-refractivity contribution < 1.29 is 4.74 Å².